The van der Waals surface area contributed by atoms with Gasteiger partial charge in [0.2, 0.25) is 0 Å². The van der Waals surface area contributed by atoms with Gasteiger partial charge in [-0.1, -0.05) is 53.2 Å². The van der Waals surface area contributed by atoms with Gasteiger partial charge in [-0.25, -0.2) is 0 Å². The minimum atomic E-state index is 0.0548. The fourth-order valence-electron chi connectivity index (χ4n) is 3.01. The van der Waals surface area contributed by atoms with E-state index in [4.69, 9.17) is 10.5 Å². The van der Waals surface area contributed by atoms with Crippen LogP contribution in [-0.2, 0) is 0 Å². The van der Waals surface area contributed by atoms with Crippen molar-refractivity contribution in [3.8, 4) is 5.75 Å². The van der Waals surface area contributed by atoms with Crippen LogP contribution in [0.2, 0.25) is 0 Å². The lowest BCUT2D eigenvalue weighted by Gasteiger charge is -2.32. The van der Waals surface area contributed by atoms with E-state index in [1.54, 1.807) is 0 Å². The average molecular weight is 346 g/mol. The molecule has 2 nitrogen and oxygen atoms in total. The van der Waals surface area contributed by atoms with Gasteiger partial charge >= 0.3 is 0 Å². The second-order valence-electron chi connectivity index (χ2n) is 5.81. The summed E-state index contributed by atoms with van der Waals surface area (Å²) in [6.45, 7) is 2.25. The van der Waals surface area contributed by atoms with Crippen molar-refractivity contribution in [2.45, 2.75) is 37.8 Å². The van der Waals surface area contributed by atoms with Crippen molar-refractivity contribution in [1.29, 1.82) is 0 Å². The van der Waals surface area contributed by atoms with Gasteiger partial charge in [-0.15, -0.1) is 0 Å². The van der Waals surface area contributed by atoms with E-state index in [1.165, 1.54) is 5.56 Å². The topological polar surface area (TPSA) is 35.2 Å². The van der Waals surface area contributed by atoms with Gasteiger partial charge in [0.05, 0.1) is 0 Å². The molecule has 3 heteroatoms. The number of ether oxygens (including phenoxy) is 1. The van der Waals surface area contributed by atoms with Crippen LogP contribution in [0.3, 0.4) is 0 Å². The van der Waals surface area contributed by atoms with Crippen LogP contribution in [0.4, 0.5) is 0 Å². The summed E-state index contributed by atoms with van der Waals surface area (Å²) in [6.07, 6.45) is 2.05. The Morgan fingerprint density at radius 2 is 2.00 bits per heavy atom. The lowest BCUT2D eigenvalue weighted by Crippen LogP contribution is -2.30. The van der Waals surface area contributed by atoms with Crippen LogP contribution in [0.15, 0.2) is 53.0 Å². The van der Waals surface area contributed by atoms with Crippen molar-refractivity contribution in [2.24, 2.45) is 5.73 Å². The summed E-state index contributed by atoms with van der Waals surface area (Å²) in [5.41, 5.74) is 8.78. The first-order chi connectivity index (χ1) is 10.1. The molecule has 3 atom stereocenters. The molecule has 1 aliphatic heterocycles. The van der Waals surface area contributed by atoms with Crippen LogP contribution < -0.4 is 10.5 Å². The molecule has 1 aliphatic rings. The van der Waals surface area contributed by atoms with Crippen molar-refractivity contribution in [2.75, 3.05) is 0 Å². The molecule has 2 N–H and O–H groups in total. The number of halogens is 1. The Bertz CT molecular complexity index is 614. The van der Waals surface area contributed by atoms with Crippen LogP contribution in [0, 0.1) is 0 Å². The monoisotopic (exact) mass is 345 g/mol. The molecule has 110 valence electrons. The smallest absolute Gasteiger partial charge is 0.124 e. The normalized spacial score (nSPS) is 22.2. The van der Waals surface area contributed by atoms with Crippen molar-refractivity contribution in [3.05, 3.63) is 64.1 Å². The van der Waals surface area contributed by atoms with Crippen LogP contribution in [0.1, 0.15) is 42.9 Å². The van der Waals surface area contributed by atoms with E-state index in [-0.39, 0.29) is 12.1 Å². The van der Waals surface area contributed by atoms with E-state index in [2.05, 4.69) is 59.3 Å². The van der Waals surface area contributed by atoms with E-state index in [0.717, 1.165) is 28.6 Å². The standard InChI is InChI=1S/C18H20BrNO/c1-12(13-5-3-2-4-6-13)9-15-11-17(20)16-10-14(19)7-8-18(16)21-15/h2-8,10,12,15,17H,9,11,20H2,1H3/t12?,15?,17-/m0/s1. The van der Waals surface area contributed by atoms with Crippen LogP contribution >= 0.6 is 15.9 Å². The quantitative estimate of drug-likeness (QED) is 0.867. The van der Waals surface area contributed by atoms with E-state index >= 15 is 0 Å². The number of hydrogen-bond donors (Lipinski definition) is 1. The highest BCUT2D eigenvalue weighted by Gasteiger charge is 2.27. The third kappa shape index (κ3) is 3.30. The summed E-state index contributed by atoms with van der Waals surface area (Å²) in [7, 11) is 0. The first kappa shape index (κ1) is 14.6. The summed E-state index contributed by atoms with van der Waals surface area (Å²) in [5.74, 6) is 1.41. The molecule has 0 fully saturated rings. The van der Waals surface area contributed by atoms with E-state index < -0.39 is 0 Å². The Morgan fingerprint density at radius 3 is 2.76 bits per heavy atom. The first-order valence-corrected chi connectivity index (χ1v) is 8.19. The van der Waals surface area contributed by atoms with Crippen molar-refractivity contribution in [3.63, 3.8) is 0 Å². The Hall–Kier alpha value is -1.32. The molecule has 0 amide bonds. The maximum Gasteiger partial charge on any atom is 0.124 e. The van der Waals surface area contributed by atoms with Gasteiger partial charge in [-0.3, -0.25) is 0 Å². The highest BCUT2D eigenvalue weighted by atomic mass is 79.9. The van der Waals surface area contributed by atoms with Crippen molar-refractivity contribution in [1.82, 2.24) is 0 Å². The summed E-state index contributed by atoms with van der Waals surface area (Å²) < 4.78 is 7.20. The van der Waals surface area contributed by atoms with Gasteiger partial charge in [-0.05, 0) is 36.1 Å². The molecular formula is C18H20BrNO. The Kier molecular flexibility index (Phi) is 4.32. The molecule has 3 rings (SSSR count). The molecule has 21 heavy (non-hydrogen) atoms. The van der Waals surface area contributed by atoms with Crippen molar-refractivity contribution < 1.29 is 4.74 Å². The maximum atomic E-state index is 6.32. The van der Waals surface area contributed by atoms with Crippen LogP contribution in [0.5, 0.6) is 5.75 Å². The van der Waals surface area contributed by atoms with E-state index in [9.17, 15) is 0 Å². The summed E-state index contributed by atoms with van der Waals surface area (Å²) in [5, 5.41) is 0. The summed E-state index contributed by atoms with van der Waals surface area (Å²) in [6, 6.07) is 16.7. The van der Waals surface area contributed by atoms with Gasteiger partial charge in [0.25, 0.3) is 0 Å². The SMILES string of the molecule is CC(CC1C[C@H](N)c2cc(Br)ccc2O1)c1ccccc1. The molecule has 0 saturated heterocycles. The minimum Gasteiger partial charge on any atom is -0.490 e. The molecular weight excluding hydrogens is 326 g/mol. The van der Waals surface area contributed by atoms with Gasteiger partial charge in [0.15, 0.2) is 0 Å². The molecule has 0 spiro atoms. The van der Waals surface area contributed by atoms with Crippen LogP contribution in [0.25, 0.3) is 0 Å². The second kappa shape index (κ2) is 6.20. The maximum absolute atomic E-state index is 6.32. The third-order valence-electron chi connectivity index (χ3n) is 4.17. The molecule has 1 heterocycles. The van der Waals surface area contributed by atoms with Crippen LogP contribution in [-0.4, -0.2) is 6.10 Å². The fourth-order valence-corrected chi connectivity index (χ4v) is 3.39. The largest absolute Gasteiger partial charge is 0.490 e. The Morgan fingerprint density at radius 1 is 1.24 bits per heavy atom. The van der Waals surface area contributed by atoms with Gasteiger partial charge < -0.3 is 10.5 Å². The van der Waals surface area contributed by atoms with Crippen molar-refractivity contribution >= 4 is 15.9 Å². The highest BCUT2D eigenvalue weighted by Crippen LogP contribution is 2.37. The van der Waals surface area contributed by atoms with E-state index in [1.807, 2.05) is 12.1 Å². The Labute approximate surface area is 134 Å². The predicted octanol–water partition coefficient (Wildman–Crippen LogP) is 4.79. The molecule has 0 aliphatic carbocycles. The lowest BCUT2D eigenvalue weighted by molar-refractivity contribution is 0.143. The molecule has 2 aromatic carbocycles. The third-order valence-corrected chi connectivity index (χ3v) is 4.66. The average Bonchev–Trinajstić information content (AvgIpc) is 2.49. The predicted molar refractivity (Wildman–Crippen MR) is 89.6 cm³/mol. The number of benzene rings is 2. The van der Waals surface area contributed by atoms with Gasteiger partial charge in [-0.2, -0.15) is 0 Å². The first-order valence-electron chi connectivity index (χ1n) is 7.40. The molecule has 0 saturated carbocycles. The fraction of sp³-hybridized carbons (Fsp3) is 0.333. The molecule has 0 radical (unpaired) electrons. The summed E-state index contributed by atoms with van der Waals surface area (Å²) >= 11 is 3.49. The zero-order valence-corrected chi connectivity index (χ0v) is 13.7. The summed E-state index contributed by atoms with van der Waals surface area (Å²) in [4.78, 5) is 0. The number of nitrogens with two attached hydrogens (primary N) is 1. The molecule has 0 bridgehead atoms. The second-order valence-corrected chi connectivity index (χ2v) is 6.73. The van der Waals surface area contributed by atoms with E-state index in [0.29, 0.717) is 5.92 Å². The minimum absolute atomic E-state index is 0.0548. The number of rotatable bonds is 3. The highest BCUT2D eigenvalue weighted by molar-refractivity contribution is 9.10. The molecule has 2 aromatic rings. The zero-order valence-electron chi connectivity index (χ0n) is 12.1. The molecule has 2 unspecified atom stereocenters. The Balaban J connectivity index is 1.73. The molecule has 0 aromatic heterocycles. The number of fused-ring (bicyclic) bond motifs is 1. The lowest BCUT2D eigenvalue weighted by atomic mass is 9.89. The van der Waals surface area contributed by atoms with Gasteiger partial charge in [0, 0.05) is 22.5 Å². The zero-order chi connectivity index (χ0) is 14.8. The van der Waals surface area contributed by atoms with Gasteiger partial charge in [0.1, 0.15) is 11.9 Å². The number of hydrogen-bond acceptors (Lipinski definition) is 2.